The lowest BCUT2D eigenvalue weighted by Gasteiger charge is -2.14. The molecule has 0 aliphatic heterocycles. The predicted octanol–water partition coefficient (Wildman–Crippen LogP) is 4.05. The quantitative estimate of drug-likeness (QED) is 0.916. The Labute approximate surface area is 118 Å². The molecule has 2 aromatic rings. The number of ether oxygens (including phenoxy) is 1. The summed E-state index contributed by atoms with van der Waals surface area (Å²) in [6.07, 6.45) is -0.679. The summed E-state index contributed by atoms with van der Waals surface area (Å²) in [5.74, 6) is 0.818. The second kappa shape index (κ2) is 5.64. The first-order valence-electron chi connectivity index (χ1n) is 6.11. The molecule has 0 aliphatic rings. The highest BCUT2D eigenvalue weighted by molar-refractivity contribution is 6.30. The van der Waals surface area contributed by atoms with Crippen LogP contribution >= 0.6 is 11.6 Å². The third-order valence-corrected chi connectivity index (χ3v) is 3.33. The number of aliphatic hydroxyl groups is 1. The Morgan fingerprint density at radius 1 is 1.05 bits per heavy atom. The molecule has 0 radical (unpaired) electrons. The van der Waals surface area contributed by atoms with Gasteiger partial charge in [0.2, 0.25) is 0 Å². The van der Waals surface area contributed by atoms with Crippen LogP contribution in [0.4, 0.5) is 0 Å². The molecule has 2 aromatic carbocycles. The van der Waals surface area contributed by atoms with Crippen molar-refractivity contribution in [2.75, 3.05) is 7.11 Å². The largest absolute Gasteiger partial charge is 0.496 e. The van der Waals surface area contributed by atoms with Crippen molar-refractivity contribution in [2.24, 2.45) is 0 Å². The molecule has 0 aliphatic carbocycles. The van der Waals surface area contributed by atoms with Crippen LogP contribution in [-0.4, -0.2) is 12.2 Å². The molecule has 0 saturated carbocycles. The van der Waals surface area contributed by atoms with Gasteiger partial charge in [-0.05, 0) is 60.4 Å². The number of halogens is 1. The van der Waals surface area contributed by atoms with Crippen molar-refractivity contribution in [1.82, 2.24) is 0 Å². The third kappa shape index (κ3) is 3.09. The molecular weight excluding hydrogens is 260 g/mol. The van der Waals surface area contributed by atoms with E-state index in [0.29, 0.717) is 5.02 Å². The lowest BCUT2D eigenvalue weighted by atomic mass is 9.98. The molecule has 0 aromatic heterocycles. The summed E-state index contributed by atoms with van der Waals surface area (Å²) in [5, 5.41) is 11.1. The van der Waals surface area contributed by atoms with Crippen LogP contribution < -0.4 is 4.74 Å². The highest BCUT2D eigenvalue weighted by atomic mass is 35.5. The van der Waals surface area contributed by atoms with Gasteiger partial charge in [-0.15, -0.1) is 0 Å². The lowest BCUT2D eigenvalue weighted by molar-refractivity contribution is 0.220. The molecule has 100 valence electrons. The zero-order valence-corrected chi connectivity index (χ0v) is 12.0. The van der Waals surface area contributed by atoms with Crippen LogP contribution in [0.25, 0.3) is 0 Å². The van der Waals surface area contributed by atoms with E-state index in [-0.39, 0.29) is 0 Å². The van der Waals surface area contributed by atoms with Crippen LogP contribution in [0.1, 0.15) is 28.4 Å². The van der Waals surface area contributed by atoms with Crippen molar-refractivity contribution in [1.29, 1.82) is 0 Å². The van der Waals surface area contributed by atoms with E-state index in [0.717, 1.165) is 28.0 Å². The number of benzene rings is 2. The van der Waals surface area contributed by atoms with Crippen molar-refractivity contribution >= 4 is 11.6 Å². The molecule has 1 N–H and O–H groups in total. The highest BCUT2D eigenvalue weighted by Crippen LogP contribution is 2.28. The molecule has 2 rings (SSSR count). The van der Waals surface area contributed by atoms with E-state index < -0.39 is 6.10 Å². The van der Waals surface area contributed by atoms with Crippen LogP contribution in [-0.2, 0) is 0 Å². The van der Waals surface area contributed by atoms with Gasteiger partial charge in [-0.25, -0.2) is 0 Å². The number of hydrogen-bond acceptors (Lipinski definition) is 2. The molecule has 0 spiro atoms. The number of rotatable bonds is 3. The number of aryl methyl sites for hydroxylation is 2. The molecule has 3 heteroatoms. The van der Waals surface area contributed by atoms with Gasteiger partial charge in [0.1, 0.15) is 11.9 Å². The summed E-state index contributed by atoms with van der Waals surface area (Å²) >= 11 is 6.03. The molecule has 2 nitrogen and oxygen atoms in total. The van der Waals surface area contributed by atoms with Gasteiger partial charge in [0.15, 0.2) is 0 Å². The molecule has 0 saturated heterocycles. The summed E-state index contributed by atoms with van der Waals surface area (Å²) in [6, 6.07) is 11.3. The van der Waals surface area contributed by atoms with Crippen LogP contribution in [0, 0.1) is 13.8 Å². The predicted molar refractivity (Wildman–Crippen MR) is 78.0 cm³/mol. The monoisotopic (exact) mass is 276 g/mol. The minimum atomic E-state index is -0.679. The van der Waals surface area contributed by atoms with E-state index in [2.05, 4.69) is 0 Å². The van der Waals surface area contributed by atoms with E-state index in [1.165, 1.54) is 0 Å². The second-order valence-corrected chi connectivity index (χ2v) is 5.13. The molecule has 0 fully saturated rings. The average Bonchev–Trinajstić information content (AvgIpc) is 2.36. The summed E-state index contributed by atoms with van der Waals surface area (Å²) in [5.41, 5.74) is 3.67. The number of aliphatic hydroxyl groups excluding tert-OH is 1. The fraction of sp³-hybridized carbons (Fsp3) is 0.250. The van der Waals surface area contributed by atoms with Gasteiger partial charge in [-0.2, -0.15) is 0 Å². The smallest absolute Gasteiger partial charge is 0.121 e. The summed E-state index contributed by atoms with van der Waals surface area (Å²) < 4.78 is 5.22. The van der Waals surface area contributed by atoms with Gasteiger partial charge in [-0.3, -0.25) is 0 Å². The van der Waals surface area contributed by atoms with Gasteiger partial charge in [-0.1, -0.05) is 23.7 Å². The zero-order valence-electron chi connectivity index (χ0n) is 11.3. The standard InChI is InChI=1S/C16H17ClO2/c1-10-6-13(9-14(17)7-10)16(18)12-4-5-15(19-3)11(2)8-12/h4-9,16,18H,1-3H3. The fourth-order valence-corrected chi connectivity index (χ4v) is 2.48. The zero-order chi connectivity index (χ0) is 14.0. The lowest BCUT2D eigenvalue weighted by Crippen LogP contribution is -2.01. The Balaban J connectivity index is 2.38. The van der Waals surface area contributed by atoms with Crippen molar-refractivity contribution in [3.8, 4) is 5.75 Å². The minimum absolute atomic E-state index is 0.638. The topological polar surface area (TPSA) is 29.5 Å². The van der Waals surface area contributed by atoms with Gasteiger partial charge in [0, 0.05) is 5.02 Å². The summed E-state index contributed by atoms with van der Waals surface area (Å²) in [4.78, 5) is 0. The molecular formula is C16H17ClO2. The Bertz CT molecular complexity index is 573. The van der Waals surface area contributed by atoms with E-state index in [1.807, 2.05) is 44.2 Å². The molecule has 1 atom stereocenters. The first-order valence-corrected chi connectivity index (χ1v) is 6.48. The maximum atomic E-state index is 10.4. The first-order chi connectivity index (χ1) is 9.01. The number of hydrogen-bond donors (Lipinski definition) is 1. The van der Waals surface area contributed by atoms with E-state index in [4.69, 9.17) is 16.3 Å². The fourth-order valence-electron chi connectivity index (χ4n) is 2.19. The van der Waals surface area contributed by atoms with Crippen LogP contribution in [0.5, 0.6) is 5.75 Å². The summed E-state index contributed by atoms with van der Waals surface area (Å²) in [7, 11) is 1.64. The summed E-state index contributed by atoms with van der Waals surface area (Å²) in [6.45, 7) is 3.92. The Morgan fingerprint density at radius 3 is 2.37 bits per heavy atom. The maximum absolute atomic E-state index is 10.4. The minimum Gasteiger partial charge on any atom is -0.496 e. The van der Waals surface area contributed by atoms with E-state index in [9.17, 15) is 5.11 Å². The van der Waals surface area contributed by atoms with Crippen molar-refractivity contribution in [2.45, 2.75) is 20.0 Å². The molecule has 19 heavy (non-hydrogen) atoms. The molecule has 1 unspecified atom stereocenters. The highest BCUT2D eigenvalue weighted by Gasteiger charge is 2.13. The van der Waals surface area contributed by atoms with Crippen LogP contribution in [0.2, 0.25) is 5.02 Å². The number of methoxy groups -OCH3 is 1. The molecule has 0 heterocycles. The first kappa shape index (κ1) is 13.9. The molecule has 0 amide bonds. The van der Waals surface area contributed by atoms with Crippen LogP contribution in [0.15, 0.2) is 36.4 Å². The van der Waals surface area contributed by atoms with Crippen molar-refractivity contribution in [3.63, 3.8) is 0 Å². The van der Waals surface area contributed by atoms with Gasteiger partial charge in [0.25, 0.3) is 0 Å². The Kier molecular flexibility index (Phi) is 4.13. The van der Waals surface area contributed by atoms with Crippen LogP contribution in [0.3, 0.4) is 0 Å². The normalized spacial score (nSPS) is 12.3. The van der Waals surface area contributed by atoms with Crippen molar-refractivity contribution < 1.29 is 9.84 Å². The van der Waals surface area contributed by atoms with E-state index >= 15 is 0 Å². The van der Waals surface area contributed by atoms with Gasteiger partial charge < -0.3 is 9.84 Å². The van der Waals surface area contributed by atoms with E-state index in [1.54, 1.807) is 13.2 Å². The Hall–Kier alpha value is -1.51. The Morgan fingerprint density at radius 2 is 1.79 bits per heavy atom. The molecule has 0 bridgehead atoms. The second-order valence-electron chi connectivity index (χ2n) is 4.69. The van der Waals surface area contributed by atoms with Gasteiger partial charge >= 0.3 is 0 Å². The average molecular weight is 277 g/mol. The van der Waals surface area contributed by atoms with Gasteiger partial charge in [0.05, 0.1) is 7.11 Å². The SMILES string of the molecule is COc1ccc(C(O)c2cc(C)cc(Cl)c2)cc1C. The van der Waals surface area contributed by atoms with Crippen molar-refractivity contribution in [3.05, 3.63) is 63.7 Å². The maximum Gasteiger partial charge on any atom is 0.121 e. The third-order valence-electron chi connectivity index (χ3n) is 3.11.